The molecule has 1 aliphatic heterocycles. The lowest BCUT2D eigenvalue weighted by Gasteiger charge is -2.29. The fourth-order valence-corrected chi connectivity index (χ4v) is 5.98. The zero-order chi connectivity index (χ0) is 29.9. The number of aromatic nitrogens is 2. The average molecular weight is 586 g/mol. The number of methoxy groups -OCH3 is 2. The van der Waals surface area contributed by atoms with Crippen molar-refractivity contribution in [1.29, 1.82) is 0 Å². The zero-order valence-electron chi connectivity index (χ0n) is 23.0. The Hall–Kier alpha value is -4.52. The Balaban J connectivity index is 1.87. The van der Waals surface area contributed by atoms with Crippen molar-refractivity contribution in [2.45, 2.75) is 55.0 Å². The second-order valence-electron chi connectivity index (χ2n) is 9.22. The Morgan fingerprint density at radius 1 is 1.10 bits per heavy atom. The summed E-state index contributed by atoms with van der Waals surface area (Å²) in [5.74, 6) is -1.36. The van der Waals surface area contributed by atoms with Gasteiger partial charge in [0.15, 0.2) is 10.6 Å². The molecule has 2 heterocycles. The largest absolute Gasteiger partial charge is 0.494 e. The molecule has 0 spiro atoms. The summed E-state index contributed by atoms with van der Waals surface area (Å²) in [5.41, 5.74) is -1.82. The van der Waals surface area contributed by atoms with E-state index < -0.39 is 37.9 Å². The van der Waals surface area contributed by atoms with Crippen LogP contribution in [-0.2, 0) is 31.5 Å². The van der Waals surface area contributed by atoms with E-state index in [1.54, 1.807) is 25.1 Å². The molecule has 3 N–H and O–H groups in total. The van der Waals surface area contributed by atoms with Gasteiger partial charge in [-0.2, -0.15) is 4.98 Å². The first-order valence-corrected chi connectivity index (χ1v) is 14.3. The van der Waals surface area contributed by atoms with E-state index in [-0.39, 0.29) is 40.0 Å². The lowest BCUT2D eigenvalue weighted by Crippen LogP contribution is -2.39. The lowest BCUT2D eigenvalue weighted by molar-refractivity contribution is -0.133. The van der Waals surface area contributed by atoms with Gasteiger partial charge < -0.3 is 29.7 Å². The van der Waals surface area contributed by atoms with Gasteiger partial charge in [0.2, 0.25) is 21.4 Å². The van der Waals surface area contributed by atoms with Crippen molar-refractivity contribution in [2.24, 2.45) is 0 Å². The first-order valence-electron chi connectivity index (χ1n) is 12.9. The van der Waals surface area contributed by atoms with Crippen LogP contribution in [0, 0.1) is 0 Å². The normalized spacial score (nSPS) is 16.4. The van der Waals surface area contributed by atoms with Crippen molar-refractivity contribution < 1.29 is 37.6 Å². The quantitative estimate of drug-likeness (QED) is 0.302. The van der Waals surface area contributed by atoms with Gasteiger partial charge in [0.1, 0.15) is 29.3 Å². The fourth-order valence-electron chi connectivity index (χ4n) is 4.64. The van der Waals surface area contributed by atoms with Crippen LogP contribution in [0.15, 0.2) is 69.0 Å². The van der Waals surface area contributed by atoms with Gasteiger partial charge in [0, 0.05) is 18.4 Å². The second kappa shape index (κ2) is 11.5. The van der Waals surface area contributed by atoms with Gasteiger partial charge in [-0.05, 0) is 30.7 Å². The van der Waals surface area contributed by atoms with E-state index in [0.717, 1.165) is 12.7 Å². The third-order valence-corrected chi connectivity index (χ3v) is 8.61. The average Bonchev–Trinajstić information content (AvgIpc) is 3.42. The highest BCUT2D eigenvalue weighted by Gasteiger charge is 2.39. The summed E-state index contributed by atoms with van der Waals surface area (Å²) in [6, 6.07) is 10.3. The first-order chi connectivity index (χ1) is 19.5. The number of carbonyl (C=O) groups is 1. The minimum absolute atomic E-state index is 0.141. The number of aryl methyl sites for hydroxylation is 1. The van der Waals surface area contributed by atoms with E-state index >= 15 is 0 Å². The predicted octanol–water partition coefficient (Wildman–Crippen LogP) is 3.24. The number of rotatable bonds is 11. The van der Waals surface area contributed by atoms with Gasteiger partial charge in [0.25, 0.3) is 5.56 Å². The molecule has 0 bridgehead atoms. The van der Waals surface area contributed by atoms with E-state index in [1.807, 2.05) is 6.92 Å². The van der Waals surface area contributed by atoms with Crippen molar-refractivity contribution in [1.82, 2.24) is 14.9 Å². The maximum atomic E-state index is 13.8. The molecule has 218 valence electrons. The van der Waals surface area contributed by atoms with Crippen molar-refractivity contribution >= 4 is 15.8 Å². The zero-order valence-corrected chi connectivity index (χ0v) is 23.8. The maximum absolute atomic E-state index is 13.8. The molecule has 0 saturated heterocycles. The number of benzene rings is 2. The van der Waals surface area contributed by atoms with Crippen LogP contribution in [-0.4, -0.2) is 48.4 Å². The Labute approximate surface area is 236 Å². The molecule has 0 amide bonds. The van der Waals surface area contributed by atoms with Gasteiger partial charge in [-0.25, -0.2) is 13.2 Å². The molecule has 13 heteroatoms. The number of carboxylic acid groups (broad SMARTS) is 1. The van der Waals surface area contributed by atoms with E-state index in [2.05, 4.69) is 10.3 Å². The molecule has 12 nitrogen and oxygen atoms in total. The maximum Gasteiger partial charge on any atom is 0.355 e. The molecule has 0 saturated carbocycles. The number of sulfone groups is 1. The molecule has 0 fully saturated rings. The van der Waals surface area contributed by atoms with Gasteiger partial charge in [-0.15, -0.1) is 0 Å². The number of aliphatic carboxylic acids is 1. The number of para-hydroxylation sites is 1. The minimum Gasteiger partial charge on any atom is -0.494 e. The standard InChI is InChI=1S/C28H31N3O9S/c1-5-7-11-22-29-25(32)24(26(33)31(22)23-20(38-3)9-8-10-21(23)39-4)41(36,37)18-14-12-17(13-15-18)28(6-2)30-19(16-40-28)27(34)35/h8-10,12-16,30,33H,5-7,11H2,1-4H3,(H,34,35). The van der Waals surface area contributed by atoms with Crippen molar-refractivity contribution in [3.8, 4) is 23.1 Å². The third-order valence-electron chi connectivity index (χ3n) is 6.82. The molecule has 4 rings (SSSR count). The Bertz CT molecular complexity index is 1640. The summed E-state index contributed by atoms with van der Waals surface area (Å²) in [6.45, 7) is 3.72. The molecular formula is C28H31N3O9S. The molecule has 1 unspecified atom stereocenters. The van der Waals surface area contributed by atoms with Crippen LogP contribution in [0.4, 0.5) is 0 Å². The van der Waals surface area contributed by atoms with Crippen LogP contribution in [0.25, 0.3) is 5.69 Å². The minimum atomic E-state index is -4.59. The topological polar surface area (TPSA) is 166 Å². The molecule has 1 aliphatic rings. The summed E-state index contributed by atoms with van der Waals surface area (Å²) in [4.78, 5) is 27.4. The first kappa shape index (κ1) is 29.5. The second-order valence-corrected chi connectivity index (χ2v) is 11.1. The van der Waals surface area contributed by atoms with Crippen LogP contribution in [0.3, 0.4) is 0 Å². The molecule has 3 aromatic rings. The number of nitrogens with zero attached hydrogens (tertiary/aromatic N) is 2. The number of unbranched alkanes of at least 4 members (excludes halogenated alkanes) is 1. The van der Waals surface area contributed by atoms with Crippen LogP contribution in [0.1, 0.15) is 44.5 Å². The molecule has 1 aromatic heterocycles. The van der Waals surface area contributed by atoms with E-state index in [1.165, 1.54) is 43.1 Å². The van der Waals surface area contributed by atoms with Crippen LogP contribution >= 0.6 is 0 Å². The molecule has 0 radical (unpaired) electrons. The fraction of sp³-hybridized carbons (Fsp3) is 0.321. The Morgan fingerprint density at radius 2 is 1.73 bits per heavy atom. The van der Waals surface area contributed by atoms with E-state index in [9.17, 15) is 28.2 Å². The molecule has 0 aliphatic carbocycles. The highest BCUT2D eigenvalue weighted by molar-refractivity contribution is 7.91. The van der Waals surface area contributed by atoms with Crippen LogP contribution in [0.5, 0.6) is 17.4 Å². The molecule has 41 heavy (non-hydrogen) atoms. The SMILES string of the molecule is CCCCc1nc(=O)c(S(=O)(=O)c2ccc(C3(CC)NC(C(=O)O)=CO3)cc2)c(O)n1-c1c(OC)cccc1OC. The van der Waals surface area contributed by atoms with Gasteiger partial charge in [0.05, 0.1) is 19.1 Å². The lowest BCUT2D eigenvalue weighted by atomic mass is 10.00. The highest BCUT2D eigenvalue weighted by Crippen LogP contribution is 2.39. The molecule has 2 aromatic carbocycles. The Morgan fingerprint density at radius 3 is 2.24 bits per heavy atom. The van der Waals surface area contributed by atoms with Crippen molar-refractivity contribution in [3.63, 3.8) is 0 Å². The van der Waals surface area contributed by atoms with E-state index in [4.69, 9.17) is 14.2 Å². The number of carboxylic acids is 1. The smallest absolute Gasteiger partial charge is 0.355 e. The third kappa shape index (κ3) is 5.20. The van der Waals surface area contributed by atoms with Gasteiger partial charge in [-0.1, -0.05) is 38.5 Å². The van der Waals surface area contributed by atoms with Crippen LogP contribution < -0.4 is 20.3 Å². The van der Waals surface area contributed by atoms with Gasteiger partial charge >= 0.3 is 5.97 Å². The monoisotopic (exact) mass is 585 g/mol. The summed E-state index contributed by atoms with van der Waals surface area (Å²) in [5, 5.41) is 23.6. The number of nitrogens with one attached hydrogen (secondary N) is 1. The highest BCUT2D eigenvalue weighted by atomic mass is 32.2. The predicted molar refractivity (Wildman–Crippen MR) is 147 cm³/mol. The summed E-state index contributed by atoms with van der Waals surface area (Å²) >= 11 is 0. The number of hydrogen-bond donors (Lipinski definition) is 3. The number of aromatic hydroxyl groups is 1. The molecular weight excluding hydrogens is 554 g/mol. The van der Waals surface area contributed by atoms with Crippen LogP contribution in [0.2, 0.25) is 0 Å². The number of ether oxygens (including phenoxy) is 3. The Kier molecular flexibility index (Phi) is 8.29. The van der Waals surface area contributed by atoms with E-state index in [0.29, 0.717) is 18.4 Å². The molecule has 1 atom stereocenters. The van der Waals surface area contributed by atoms with Gasteiger partial charge in [-0.3, -0.25) is 9.36 Å². The van der Waals surface area contributed by atoms with Crippen molar-refractivity contribution in [3.05, 3.63) is 76.2 Å². The number of hydrogen-bond acceptors (Lipinski definition) is 10. The van der Waals surface area contributed by atoms with Crippen molar-refractivity contribution in [2.75, 3.05) is 14.2 Å². The summed E-state index contributed by atoms with van der Waals surface area (Å²) in [7, 11) is -1.77. The summed E-state index contributed by atoms with van der Waals surface area (Å²) < 4.78 is 45.4. The summed E-state index contributed by atoms with van der Waals surface area (Å²) in [6.07, 6.45) is 3.06.